The lowest BCUT2D eigenvalue weighted by Crippen LogP contribution is -2.17. The van der Waals surface area contributed by atoms with Gasteiger partial charge in [-0.1, -0.05) is 24.9 Å². The summed E-state index contributed by atoms with van der Waals surface area (Å²) in [4.78, 5) is 4.83. The number of aromatic nitrogens is 2. The topological polar surface area (TPSA) is 43.8 Å². The molecule has 0 aliphatic heterocycles. The zero-order valence-corrected chi connectivity index (χ0v) is 12.0. The molecular formula is C15H20ClN3. The van der Waals surface area contributed by atoms with Gasteiger partial charge in [-0.05, 0) is 37.5 Å². The molecule has 1 unspecified atom stereocenters. The van der Waals surface area contributed by atoms with Gasteiger partial charge in [-0.3, -0.25) is 0 Å². The van der Waals surface area contributed by atoms with E-state index < -0.39 is 0 Å². The van der Waals surface area contributed by atoms with Crippen molar-refractivity contribution in [3.8, 4) is 0 Å². The van der Waals surface area contributed by atoms with E-state index in [-0.39, 0.29) is 0 Å². The Morgan fingerprint density at radius 2 is 2.26 bits per heavy atom. The summed E-state index contributed by atoms with van der Waals surface area (Å²) in [5, 5.41) is 0.778. The highest BCUT2D eigenvalue weighted by Crippen LogP contribution is 2.41. The second kappa shape index (κ2) is 5.14. The van der Waals surface area contributed by atoms with Gasteiger partial charge >= 0.3 is 0 Å². The molecule has 1 aromatic carbocycles. The molecule has 1 aromatic heterocycles. The maximum absolute atomic E-state index is 6.13. The van der Waals surface area contributed by atoms with Crippen LogP contribution < -0.4 is 5.73 Å². The molecular weight excluding hydrogens is 258 g/mol. The van der Waals surface area contributed by atoms with Crippen LogP contribution in [-0.2, 0) is 0 Å². The Labute approximate surface area is 118 Å². The third-order valence-electron chi connectivity index (χ3n) is 3.88. The highest BCUT2D eigenvalue weighted by atomic mass is 35.5. The number of imidazole rings is 1. The molecule has 19 heavy (non-hydrogen) atoms. The van der Waals surface area contributed by atoms with Crippen LogP contribution in [0.3, 0.4) is 0 Å². The summed E-state index contributed by atoms with van der Waals surface area (Å²) in [6.07, 6.45) is 4.72. The second-order valence-corrected chi connectivity index (χ2v) is 5.86. The number of hydrogen-bond acceptors (Lipinski definition) is 2. The van der Waals surface area contributed by atoms with Crippen LogP contribution in [0.15, 0.2) is 18.2 Å². The highest BCUT2D eigenvalue weighted by Gasteiger charge is 2.30. The number of rotatable bonds is 5. The summed E-state index contributed by atoms with van der Waals surface area (Å²) < 4.78 is 2.38. The fourth-order valence-corrected chi connectivity index (χ4v) is 2.96. The molecule has 0 radical (unpaired) electrons. The molecule has 0 saturated heterocycles. The quantitative estimate of drug-likeness (QED) is 0.902. The van der Waals surface area contributed by atoms with Gasteiger partial charge in [-0.25, -0.2) is 4.98 Å². The van der Waals surface area contributed by atoms with E-state index in [9.17, 15) is 0 Å². The van der Waals surface area contributed by atoms with E-state index >= 15 is 0 Å². The standard InChI is InChI=1S/C15H20ClN3/c1-2-3-10(9-17)15-18-13-7-4-11(16)8-14(13)19(15)12-5-6-12/h4,7-8,10,12H,2-3,5-6,9,17H2,1H3. The molecule has 0 bridgehead atoms. The first kappa shape index (κ1) is 12.9. The van der Waals surface area contributed by atoms with Crippen LogP contribution in [-0.4, -0.2) is 16.1 Å². The van der Waals surface area contributed by atoms with Crippen LogP contribution in [0.25, 0.3) is 11.0 Å². The van der Waals surface area contributed by atoms with Crippen LogP contribution >= 0.6 is 11.6 Å². The van der Waals surface area contributed by atoms with Crippen molar-refractivity contribution in [3.63, 3.8) is 0 Å². The number of nitrogens with two attached hydrogens (primary N) is 1. The second-order valence-electron chi connectivity index (χ2n) is 5.43. The third-order valence-corrected chi connectivity index (χ3v) is 4.11. The SMILES string of the molecule is CCCC(CN)c1nc2ccc(Cl)cc2n1C1CC1. The van der Waals surface area contributed by atoms with Gasteiger partial charge in [-0.2, -0.15) is 0 Å². The normalized spacial score (nSPS) is 17.0. The number of hydrogen-bond donors (Lipinski definition) is 1. The smallest absolute Gasteiger partial charge is 0.114 e. The van der Waals surface area contributed by atoms with Crippen molar-refractivity contribution in [2.75, 3.05) is 6.54 Å². The third kappa shape index (κ3) is 2.37. The predicted molar refractivity (Wildman–Crippen MR) is 79.7 cm³/mol. The number of halogens is 1. The Morgan fingerprint density at radius 1 is 1.47 bits per heavy atom. The molecule has 1 atom stereocenters. The van der Waals surface area contributed by atoms with Crippen molar-refractivity contribution in [1.82, 2.24) is 9.55 Å². The Kier molecular flexibility index (Phi) is 3.50. The first-order valence-electron chi connectivity index (χ1n) is 7.12. The van der Waals surface area contributed by atoms with E-state index in [1.807, 2.05) is 18.2 Å². The van der Waals surface area contributed by atoms with Crippen molar-refractivity contribution in [3.05, 3.63) is 29.0 Å². The lowest BCUT2D eigenvalue weighted by Gasteiger charge is -2.16. The predicted octanol–water partition coefficient (Wildman–Crippen LogP) is 3.87. The average molecular weight is 278 g/mol. The summed E-state index contributed by atoms with van der Waals surface area (Å²) in [6.45, 7) is 2.86. The fraction of sp³-hybridized carbons (Fsp3) is 0.533. The van der Waals surface area contributed by atoms with Crippen LogP contribution in [0.5, 0.6) is 0 Å². The zero-order chi connectivity index (χ0) is 13.4. The Balaban J connectivity index is 2.14. The lowest BCUT2D eigenvalue weighted by molar-refractivity contribution is 0.552. The van der Waals surface area contributed by atoms with Gasteiger partial charge in [0.15, 0.2) is 0 Å². The summed E-state index contributed by atoms with van der Waals surface area (Å²) >= 11 is 6.13. The maximum atomic E-state index is 6.13. The van der Waals surface area contributed by atoms with E-state index in [1.165, 1.54) is 18.4 Å². The van der Waals surface area contributed by atoms with Gasteiger partial charge < -0.3 is 10.3 Å². The fourth-order valence-electron chi connectivity index (χ4n) is 2.79. The van der Waals surface area contributed by atoms with E-state index in [4.69, 9.17) is 22.3 Å². The van der Waals surface area contributed by atoms with Crippen molar-refractivity contribution < 1.29 is 0 Å². The molecule has 1 fully saturated rings. The molecule has 0 amide bonds. The van der Waals surface area contributed by atoms with E-state index in [0.717, 1.165) is 29.2 Å². The van der Waals surface area contributed by atoms with Gasteiger partial charge in [0, 0.05) is 23.5 Å². The van der Waals surface area contributed by atoms with E-state index in [0.29, 0.717) is 18.5 Å². The summed E-state index contributed by atoms with van der Waals surface area (Å²) in [7, 11) is 0. The van der Waals surface area contributed by atoms with Crippen molar-refractivity contribution >= 4 is 22.6 Å². The maximum Gasteiger partial charge on any atom is 0.114 e. The molecule has 1 aliphatic rings. The van der Waals surface area contributed by atoms with Crippen molar-refractivity contribution in [2.24, 2.45) is 5.73 Å². The van der Waals surface area contributed by atoms with Crippen molar-refractivity contribution in [2.45, 2.75) is 44.6 Å². The highest BCUT2D eigenvalue weighted by molar-refractivity contribution is 6.31. The van der Waals surface area contributed by atoms with Gasteiger partial charge in [0.1, 0.15) is 5.82 Å². The molecule has 4 heteroatoms. The summed E-state index contributed by atoms with van der Waals surface area (Å²) in [6, 6.07) is 6.56. The molecule has 3 rings (SSSR count). The minimum absolute atomic E-state index is 0.358. The Morgan fingerprint density at radius 3 is 2.89 bits per heavy atom. The largest absolute Gasteiger partial charge is 0.330 e. The Bertz CT molecular complexity index is 586. The molecule has 2 N–H and O–H groups in total. The van der Waals surface area contributed by atoms with Crippen molar-refractivity contribution in [1.29, 1.82) is 0 Å². The molecule has 3 nitrogen and oxygen atoms in total. The van der Waals surface area contributed by atoms with E-state index in [2.05, 4.69) is 11.5 Å². The number of nitrogens with zero attached hydrogens (tertiary/aromatic N) is 2. The van der Waals surface area contributed by atoms with Crippen LogP contribution in [0.2, 0.25) is 5.02 Å². The molecule has 0 spiro atoms. The first-order chi connectivity index (χ1) is 9.24. The van der Waals surface area contributed by atoms with Crippen LogP contribution in [0.4, 0.5) is 0 Å². The minimum Gasteiger partial charge on any atom is -0.330 e. The zero-order valence-electron chi connectivity index (χ0n) is 11.3. The van der Waals surface area contributed by atoms with Gasteiger partial charge in [0.05, 0.1) is 11.0 Å². The molecule has 2 aromatic rings. The number of fused-ring (bicyclic) bond motifs is 1. The average Bonchev–Trinajstić information content (AvgIpc) is 3.17. The summed E-state index contributed by atoms with van der Waals surface area (Å²) in [5.41, 5.74) is 8.16. The van der Waals surface area contributed by atoms with Crippen LogP contribution in [0, 0.1) is 0 Å². The number of benzene rings is 1. The van der Waals surface area contributed by atoms with Gasteiger partial charge in [0.2, 0.25) is 0 Å². The molecule has 1 aliphatic carbocycles. The monoisotopic (exact) mass is 277 g/mol. The summed E-state index contributed by atoms with van der Waals surface area (Å²) in [5.74, 6) is 1.51. The van der Waals surface area contributed by atoms with Crippen LogP contribution in [0.1, 0.15) is 50.4 Å². The minimum atomic E-state index is 0.358. The molecule has 1 saturated carbocycles. The van der Waals surface area contributed by atoms with Gasteiger partial charge in [0.25, 0.3) is 0 Å². The lowest BCUT2D eigenvalue weighted by atomic mass is 10.0. The van der Waals surface area contributed by atoms with Gasteiger partial charge in [-0.15, -0.1) is 0 Å². The first-order valence-corrected chi connectivity index (χ1v) is 7.49. The Hall–Kier alpha value is -1.06. The van der Waals surface area contributed by atoms with E-state index in [1.54, 1.807) is 0 Å². The molecule has 102 valence electrons. The molecule has 1 heterocycles.